The van der Waals surface area contributed by atoms with Crippen molar-refractivity contribution in [1.82, 2.24) is 9.80 Å². The fraction of sp³-hybridized carbons (Fsp3) is 0.750. The van der Waals surface area contributed by atoms with Gasteiger partial charge in [-0.3, -0.25) is 14.5 Å². The van der Waals surface area contributed by atoms with E-state index < -0.39 is 5.97 Å². The third-order valence-electron chi connectivity index (χ3n) is 4.60. The number of hydrogen-bond donors (Lipinski definition) is 1. The molecular weight excluding hydrogens is 268 g/mol. The molecule has 2 atom stereocenters. The molecule has 1 aliphatic heterocycles. The van der Waals surface area contributed by atoms with E-state index in [1.807, 2.05) is 23.6 Å². The Morgan fingerprint density at radius 3 is 2.67 bits per heavy atom. The van der Waals surface area contributed by atoms with Gasteiger partial charge < -0.3 is 10.0 Å². The number of allylic oxidation sites excluding steroid dienone is 2. The van der Waals surface area contributed by atoms with E-state index in [2.05, 4.69) is 6.08 Å². The molecule has 2 rings (SSSR count). The summed E-state index contributed by atoms with van der Waals surface area (Å²) in [4.78, 5) is 27.5. The summed E-state index contributed by atoms with van der Waals surface area (Å²) in [7, 11) is 0. The fourth-order valence-corrected chi connectivity index (χ4v) is 3.40. The highest BCUT2D eigenvalue weighted by Crippen LogP contribution is 2.24. The summed E-state index contributed by atoms with van der Waals surface area (Å²) < 4.78 is 0. The van der Waals surface area contributed by atoms with Gasteiger partial charge in [-0.15, -0.1) is 0 Å². The molecule has 0 saturated carbocycles. The summed E-state index contributed by atoms with van der Waals surface area (Å²) in [6.45, 7) is 6.15. The Morgan fingerprint density at radius 1 is 1.38 bits per heavy atom. The monoisotopic (exact) mass is 294 g/mol. The Bertz CT molecular complexity index is 433. The molecule has 21 heavy (non-hydrogen) atoms. The Balaban J connectivity index is 1.94. The number of carbonyl (C=O) groups excluding carboxylic acids is 1. The SMILES string of the molecule is CCN(C(=O)CN1C[C@@H](C)[C@H](C(=O)O)C1)C1=CCCCC1. The van der Waals surface area contributed by atoms with Crippen LogP contribution in [0.4, 0.5) is 0 Å². The number of carbonyl (C=O) groups is 2. The molecule has 0 aromatic heterocycles. The van der Waals surface area contributed by atoms with E-state index in [1.165, 1.54) is 6.42 Å². The van der Waals surface area contributed by atoms with Crippen molar-refractivity contribution < 1.29 is 14.7 Å². The molecule has 0 radical (unpaired) electrons. The molecule has 0 aromatic carbocycles. The van der Waals surface area contributed by atoms with Crippen molar-refractivity contribution in [2.45, 2.75) is 39.5 Å². The van der Waals surface area contributed by atoms with Crippen LogP contribution in [0.25, 0.3) is 0 Å². The lowest BCUT2D eigenvalue weighted by molar-refractivity contribution is -0.142. The maximum atomic E-state index is 12.5. The first-order chi connectivity index (χ1) is 10.0. The van der Waals surface area contributed by atoms with Gasteiger partial charge in [-0.05, 0) is 38.5 Å². The van der Waals surface area contributed by atoms with Crippen LogP contribution >= 0.6 is 0 Å². The summed E-state index contributed by atoms with van der Waals surface area (Å²) in [5, 5.41) is 9.16. The Kier molecular flexibility index (Phi) is 5.39. The topological polar surface area (TPSA) is 60.9 Å². The molecule has 1 saturated heterocycles. The molecule has 0 bridgehead atoms. The van der Waals surface area contributed by atoms with E-state index >= 15 is 0 Å². The minimum atomic E-state index is -0.750. The zero-order valence-corrected chi connectivity index (χ0v) is 13.0. The zero-order valence-electron chi connectivity index (χ0n) is 13.0. The van der Waals surface area contributed by atoms with Gasteiger partial charge in [-0.1, -0.05) is 13.0 Å². The van der Waals surface area contributed by atoms with Gasteiger partial charge in [0.2, 0.25) is 5.91 Å². The molecule has 1 aliphatic carbocycles. The van der Waals surface area contributed by atoms with Crippen LogP contribution in [0.2, 0.25) is 0 Å². The van der Waals surface area contributed by atoms with Gasteiger partial charge in [0.05, 0.1) is 12.5 Å². The summed E-state index contributed by atoms with van der Waals surface area (Å²) in [6.07, 6.45) is 6.57. The number of likely N-dealkylation sites (tertiary alicyclic amines) is 1. The number of amides is 1. The highest BCUT2D eigenvalue weighted by molar-refractivity contribution is 5.80. The summed E-state index contributed by atoms with van der Waals surface area (Å²) in [6, 6.07) is 0. The molecule has 1 fully saturated rings. The number of likely N-dealkylation sites (N-methyl/N-ethyl adjacent to an activating group) is 1. The normalized spacial score (nSPS) is 26.5. The van der Waals surface area contributed by atoms with Crippen LogP contribution in [0.5, 0.6) is 0 Å². The zero-order chi connectivity index (χ0) is 15.4. The van der Waals surface area contributed by atoms with Gasteiger partial charge in [0.25, 0.3) is 0 Å². The van der Waals surface area contributed by atoms with Crippen LogP contribution in [0, 0.1) is 11.8 Å². The Hall–Kier alpha value is -1.36. The van der Waals surface area contributed by atoms with Gasteiger partial charge in [-0.25, -0.2) is 0 Å². The standard InChI is InChI=1S/C16H26N2O3/c1-3-18(13-7-5-4-6-8-13)15(19)11-17-9-12(2)14(10-17)16(20)21/h7,12,14H,3-6,8-11H2,1-2H3,(H,20,21)/t12-,14-/m1/s1. The largest absolute Gasteiger partial charge is 0.481 e. The molecule has 5 heteroatoms. The molecule has 118 valence electrons. The predicted molar refractivity (Wildman–Crippen MR) is 80.7 cm³/mol. The Morgan fingerprint density at radius 2 is 2.14 bits per heavy atom. The fourth-order valence-electron chi connectivity index (χ4n) is 3.40. The van der Waals surface area contributed by atoms with Gasteiger partial charge in [0.1, 0.15) is 0 Å². The van der Waals surface area contributed by atoms with Crippen LogP contribution in [0.15, 0.2) is 11.8 Å². The van der Waals surface area contributed by atoms with Crippen molar-refractivity contribution in [3.8, 4) is 0 Å². The first-order valence-corrected chi connectivity index (χ1v) is 7.97. The molecule has 1 amide bonds. The molecule has 1 heterocycles. The van der Waals surface area contributed by atoms with Gasteiger partial charge in [-0.2, -0.15) is 0 Å². The van der Waals surface area contributed by atoms with Crippen molar-refractivity contribution in [3.63, 3.8) is 0 Å². The van der Waals surface area contributed by atoms with Crippen molar-refractivity contribution in [2.24, 2.45) is 11.8 Å². The quantitative estimate of drug-likeness (QED) is 0.842. The van der Waals surface area contributed by atoms with E-state index in [0.717, 1.165) is 25.0 Å². The van der Waals surface area contributed by atoms with Crippen LogP contribution in [0.1, 0.15) is 39.5 Å². The Labute approximate surface area is 126 Å². The van der Waals surface area contributed by atoms with Crippen molar-refractivity contribution in [1.29, 1.82) is 0 Å². The first kappa shape index (κ1) is 16.0. The van der Waals surface area contributed by atoms with E-state index in [4.69, 9.17) is 5.11 Å². The molecule has 0 aromatic rings. The number of rotatable bonds is 5. The van der Waals surface area contributed by atoms with Crippen LogP contribution < -0.4 is 0 Å². The number of carboxylic acid groups (broad SMARTS) is 1. The number of hydrogen-bond acceptors (Lipinski definition) is 3. The molecule has 0 unspecified atom stereocenters. The number of nitrogens with zero attached hydrogens (tertiary/aromatic N) is 2. The minimum Gasteiger partial charge on any atom is -0.481 e. The van der Waals surface area contributed by atoms with Gasteiger partial charge in [0, 0.05) is 25.3 Å². The van der Waals surface area contributed by atoms with E-state index in [-0.39, 0.29) is 17.7 Å². The van der Waals surface area contributed by atoms with Crippen molar-refractivity contribution in [3.05, 3.63) is 11.8 Å². The summed E-state index contributed by atoms with van der Waals surface area (Å²) in [5.74, 6) is -0.885. The first-order valence-electron chi connectivity index (χ1n) is 7.97. The van der Waals surface area contributed by atoms with Crippen LogP contribution in [0.3, 0.4) is 0 Å². The smallest absolute Gasteiger partial charge is 0.308 e. The average molecular weight is 294 g/mol. The van der Waals surface area contributed by atoms with Crippen LogP contribution in [-0.2, 0) is 9.59 Å². The lowest BCUT2D eigenvalue weighted by Gasteiger charge is -2.28. The minimum absolute atomic E-state index is 0.101. The van der Waals surface area contributed by atoms with Gasteiger partial charge in [0.15, 0.2) is 0 Å². The highest BCUT2D eigenvalue weighted by Gasteiger charge is 2.36. The van der Waals surface area contributed by atoms with E-state index in [1.54, 1.807) is 0 Å². The van der Waals surface area contributed by atoms with Crippen molar-refractivity contribution >= 4 is 11.9 Å². The van der Waals surface area contributed by atoms with E-state index in [0.29, 0.717) is 26.2 Å². The van der Waals surface area contributed by atoms with Gasteiger partial charge >= 0.3 is 5.97 Å². The van der Waals surface area contributed by atoms with Crippen molar-refractivity contribution in [2.75, 3.05) is 26.2 Å². The second-order valence-electron chi connectivity index (χ2n) is 6.20. The lowest BCUT2D eigenvalue weighted by atomic mass is 9.99. The average Bonchev–Trinajstić information content (AvgIpc) is 2.81. The number of carboxylic acids is 1. The maximum absolute atomic E-state index is 12.5. The molecular formula is C16H26N2O3. The molecule has 1 N–H and O–H groups in total. The van der Waals surface area contributed by atoms with Crippen LogP contribution in [-0.4, -0.2) is 53.0 Å². The third kappa shape index (κ3) is 3.84. The lowest BCUT2D eigenvalue weighted by Crippen LogP contribution is -2.39. The van der Waals surface area contributed by atoms with E-state index in [9.17, 15) is 9.59 Å². The second kappa shape index (κ2) is 7.07. The maximum Gasteiger partial charge on any atom is 0.308 e. The highest BCUT2D eigenvalue weighted by atomic mass is 16.4. The predicted octanol–water partition coefficient (Wildman–Crippen LogP) is 1.95. The summed E-state index contributed by atoms with van der Waals surface area (Å²) in [5.41, 5.74) is 1.15. The molecule has 5 nitrogen and oxygen atoms in total. The summed E-state index contributed by atoms with van der Waals surface area (Å²) >= 11 is 0. The molecule has 2 aliphatic rings. The number of aliphatic carboxylic acids is 1. The third-order valence-corrected chi connectivity index (χ3v) is 4.60. The molecule has 0 spiro atoms. The second-order valence-corrected chi connectivity index (χ2v) is 6.20.